The fourth-order valence-electron chi connectivity index (χ4n) is 5.05. The number of hydrogen-bond donors (Lipinski definition) is 2. The van der Waals surface area contributed by atoms with Gasteiger partial charge in [0.05, 0.1) is 5.92 Å². The molecule has 0 aromatic heterocycles. The standard InChI is InChI=1S/C37H60N4O9/c1-34(2,3)47-26-18-16-24(17-19-26)21-27(31(44)49-36(7,8)9)39-32(45)40(13)23-25(30(43)48-35(4,5)6)22-38-29(42)28-15-14-20-41(28)33(46)50-37(10,11)12/h16-19,25,27-28H,14-15,20-23H2,1-13H3,(H,38,42)(H,39,45)/t25-,27+,28+/m1/s1. The van der Waals surface area contributed by atoms with Crippen LogP contribution in [0.5, 0.6) is 5.75 Å². The van der Waals surface area contributed by atoms with Crippen molar-refractivity contribution < 1.29 is 42.9 Å². The molecule has 282 valence electrons. The first kappa shape index (κ1) is 42.1. The molecule has 0 radical (unpaired) electrons. The summed E-state index contributed by atoms with van der Waals surface area (Å²) < 4.78 is 22.6. The number of nitrogens with one attached hydrogen (secondary N) is 2. The summed E-state index contributed by atoms with van der Waals surface area (Å²) in [5, 5.41) is 5.55. The molecule has 1 aliphatic heterocycles. The Bertz CT molecular complexity index is 1330. The van der Waals surface area contributed by atoms with Crippen molar-refractivity contribution >= 4 is 30.0 Å². The van der Waals surface area contributed by atoms with Crippen LogP contribution in [0.15, 0.2) is 24.3 Å². The van der Waals surface area contributed by atoms with E-state index in [-0.39, 0.29) is 25.1 Å². The highest BCUT2D eigenvalue weighted by molar-refractivity contribution is 5.87. The SMILES string of the molecule is CN(C[C@@H](CNC(=O)[C@@H]1CCCN1C(=O)OC(C)(C)C)C(=O)OC(C)(C)C)C(=O)N[C@@H](Cc1ccc(OC(C)(C)C)cc1)C(=O)OC(C)(C)C. The van der Waals surface area contributed by atoms with Crippen molar-refractivity contribution in [2.75, 3.05) is 26.7 Å². The van der Waals surface area contributed by atoms with Crippen molar-refractivity contribution in [3.63, 3.8) is 0 Å². The van der Waals surface area contributed by atoms with Gasteiger partial charge in [0.1, 0.15) is 40.2 Å². The summed E-state index contributed by atoms with van der Waals surface area (Å²) in [7, 11) is 1.49. The Morgan fingerprint density at radius 1 is 0.800 bits per heavy atom. The van der Waals surface area contributed by atoms with Crippen LogP contribution in [0.25, 0.3) is 0 Å². The van der Waals surface area contributed by atoms with Gasteiger partial charge in [-0.3, -0.25) is 14.5 Å². The normalized spacial score (nSPS) is 16.5. The van der Waals surface area contributed by atoms with Gasteiger partial charge in [-0.05, 0) is 114 Å². The number of ether oxygens (including phenoxy) is 4. The number of carbonyl (C=O) groups is 5. The number of urea groups is 1. The van der Waals surface area contributed by atoms with Crippen LogP contribution < -0.4 is 15.4 Å². The van der Waals surface area contributed by atoms with Crippen LogP contribution in [0, 0.1) is 5.92 Å². The van der Waals surface area contributed by atoms with Gasteiger partial charge in [0.2, 0.25) is 5.91 Å². The lowest BCUT2D eigenvalue weighted by Crippen LogP contribution is -2.52. The molecule has 1 saturated heterocycles. The van der Waals surface area contributed by atoms with Crippen molar-refractivity contribution in [3.8, 4) is 5.75 Å². The molecule has 3 atom stereocenters. The Kier molecular flexibility index (Phi) is 14.1. The average Bonchev–Trinajstić information content (AvgIpc) is 3.42. The quantitative estimate of drug-likeness (QED) is 0.233. The molecule has 0 unspecified atom stereocenters. The van der Waals surface area contributed by atoms with E-state index >= 15 is 0 Å². The zero-order valence-electron chi connectivity index (χ0n) is 32.4. The first-order valence-electron chi connectivity index (χ1n) is 17.3. The van der Waals surface area contributed by atoms with E-state index in [0.29, 0.717) is 25.1 Å². The van der Waals surface area contributed by atoms with Gasteiger partial charge in [0.15, 0.2) is 0 Å². The van der Waals surface area contributed by atoms with Crippen LogP contribution in [0.3, 0.4) is 0 Å². The van der Waals surface area contributed by atoms with Gasteiger partial charge in [-0.2, -0.15) is 0 Å². The van der Waals surface area contributed by atoms with Crippen LogP contribution in [0.1, 0.15) is 101 Å². The summed E-state index contributed by atoms with van der Waals surface area (Å²) in [6, 6.07) is 4.83. The fraction of sp³-hybridized carbons (Fsp3) is 0.703. The van der Waals surface area contributed by atoms with E-state index in [2.05, 4.69) is 10.6 Å². The molecule has 2 rings (SSSR count). The lowest BCUT2D eigenvalue weighted by atomic mass is 10.0. The van der Waals surface area contributed by atoms with Gasteiger partial charge < -0.3 is 34.5 Å². The number of benzene rings is 1. The molecule has 13 heteroatoms. The molecule has 1 aromatic carbocycles. The Morgan fingerprint density at radius 2 is 1.34 bits per heavy atom. The lowest BCUT2D eigenvalue weighted by molar-refractivity contribution is -0.160. The number of nitrogens with zero attached hydrogens (tertiary/aromatic N) is 2. The minimum atomic E-state index is -1.04. The van der Waals surface area contributed by atoms with Crippen molar-refractivity contribution in [1.29, 1.82) is 0 Å². The third-order valence-corrected chi connectivity index (χ3v) is 7.06. The van der Waals surface area contributed by atoms with Gasteiger partial charge in [-0.1, -0.05) is 12.1 Å². The molecule has 2 N–H and O–H groups in total. The average molecular weight is 705 g/mol. The molecule has 1 aliphatic rings. The first-order chi connectivity index (χ1) is 22.7. The van der Waals surface area contributed by atoms with Gasteiger partial charge >= 0.3 is 24.1 Å². The van der Waals surface area contributed by atoms with Crippen molar-refractivity contribution in [1.82, 2.24) is 20.4 Å². The largest absolute Gasteiger partial charge is 0.488 e. The monoisotopic (exact) mass is 704 g/mol. The Hall–Kier alpha value is -4.03. The van der Waals surface area contributed by atoms with E-state index in [9.17, 15) is 24.0 Å². The minimum Gasteiger partial charge on any atom is -0.488 e. The number of amides is 4. The van der Waals surface area contributed by atoms with Crippen LogP contribution in [-0.4, -0.2) is 101 Å². The van der Waals surface area contributed by atoms with E-state index in [1.54, 1.807) is 74.4 Å². The van der Waals surface area contributed by atoms with Crippen molar-refractivity contribution in [3.05, 3.63) is 29.8 Å². The minimum absolute atomic E-state index is 0.138. The van der Waals surface area contributed by atoms with Crippen molar-refractivity contribution in [2.24, 2.45) is 5.92 Å². The first-order valence-corrected chi connectivity index (χ1v) is 17.3. The highest BCUT2D eigenvalue weighted by Gasteiger charge is 2.38. The predicted molar refractivity (Wildman–Crippen MR) is 190 cm³/mol. The van der Waals surface area contributed by atoms with Crippen molar-refractivity contribution in [2.45, 2.75) is 137 Å². The molecule has 4 amide bonds. The number of esters is 2. The second-order valence-corrected chi connectivity index (χ2v) is 16.8. The van der Waals surface area contributed by atoms with Crippen LogP contribution >= 0.6 is 0 Å². The van der Waals surface area contributed by atoms with E-state index in [1.165, 1.54) is 16.8 Å². The Labute approximate surface area is 298 Å². The lowest BCUT2D eigenvalue weighted by Gasteiger charge is -2.30. The van der Waals surface area contributed by atoms with Gasteiger partial charge in [0.25, 0.3) is 0 Å². The Balaban J connectivity index is 2.20. The summed E-state index contributed by atoms with van der Waals surface area (Å²) in [6.45, 7) is 21.6. The molecule has 0 aliphatic carbocycles. The zero-order chi connectivity index (χ0) is 38.2. The van der Waals surface area contributed by atoms with E-state index < -0.39 is 64.8 Å². The summed E-state index contributed by atoms with van der Waals surface area (Å²) in [4.78, 5) is 68.8. The van der Waals surface area contributed by atoms with Crippen LogP contribution in [-0.2, 0) is 35.0 Å². The molecular formula is C37H60N4O9. The molecule has 13 nitrogen and oxygen atoms in total. The topological polar surface area (TPSA) is 153 Å². The van der Waals surface area contributed by atoms with Gasteiger partial charge in [0, 0.05) is 33.1 Å². The predicted octanol–water partition coefficient (Wildman–Crippen LogP) is 5.23. The number of likely N-dealkylation sites (tertiary alicyclic amines) is 1. The molecule has 1 aromatic rings. The van der Waals surface area contributed by atoms with Crippen LogP contribution in [0.4, 0.5) is 9.59 Å². The number of carbonyl (C=O) groups excluding carboxylic acids is 5. The molecule has 0 saturated carbocycles. The van der Waals surface area contributed by atoms with E-state index in [0.717, 1.165) is 5.56 Å². The maximum absolute atomic E-state index is 13.5. The highest BCUT2D eigenvalue weighted by Crippen LogP contribution is 2.22. The summed E-state index contributed by atoms with van der Waals surface area (Å²) >= 11 is 0. The zero-order valence-corrected chi connectivity index (χ0v) is 32.4. The smallest absolute Gasteiger partial charge is 0.410 e. The highest BCUT2D eigenvalue weighted by atomic mass is 16.6. The molecule has 1 heterocycles. The molecule has 1 fully saturated rings. The maximum Gasteiger partial charge on any atom is 0.410 e. The molecular weight excluding hydrogens is 644 g/mol. The third kappa shape index (κ3) is 15.2. The van der Waals surface area contributed by atoms with Gasteiger partial charge in [-0.25, -0.2) is 14.4 Å². The van der Waals surface area contributed by atoms with Crippen LogP contribution in [0.2, 0.25) is 0 Å². The summed E-state index contributed by atoms with van der Waals surface area (Å²) in [5.41, 5.74) is -1.95. The third-order valence-electron chi connectivity index (χ3n) is 7.06. The second kappa shape index (κ2) is 16.8. The second-order valence-electron chi connectivity index (χ2n) is 16.8. The molecule has 0 spiro atoms. The maximum atomic E-state index is 13.5. The fourth-order valence-corrected chi connectivity index (χ4v) is 5.05. The summed E-state index contributed by atoms with van der Waals surface area (Å²) in [5.74, 6) is -1.95. The van der Waals surface area contributed by atoms with E-state index in [1.807, 2.05) is 32.9 Å². The Morgan fingerprint density at radius 3 is 1.86 bits per heavy atom. The molecule has 50 heavy (non-hydrogen) atoms. The number of rotatable bonds is 11. The molecule has 0 bridgehead atoms. The number of hydrogen-bond acceptors (Lipinski definition) is 9. The summed E-state index contributed by atoms with van der Waals surface area (Å²) in [6.07, 6.45) is 0.640. The van der Waals surface area contributed by atoms with Gasteiger partial charge in [-0.15, -0.1) is 0 Å². The van der Waals surface area contributed by atoms with E-state index in [4.69, 9.17) is 18.9 Å².